The van der Waals surface area contributed by atoms with Gasteiger partial charge in [-0.3, -0.25) is 4.79 Å². The highest BCUT2D eigenvalue weighted by atomic mass is 16.4. The summed E-state index contributed by atoms with van der Waals surface area (Å²) in [5.41, 5.74) is 0. The first-order valence-electron chi connectivity index (χ1n) is 5.90. The van der Waals surface area contributed by atoms with E-state index < -0.39 is 5.97 Å². The molecule has 0 aliphatic heterocycles. The Balaban J connectivity index is 0.000000315. The number of carbonyl (C=O) groups is 1. The minimum absolute atomic E-state index is 0.337. The smallest absolute Gasteiger partial charge is 0.303 e. The molecule has 0 saturated heterocycles. The number of rotatable bonds is 6. The quantitative estimate of drug-likeness (QED) is 0.739. The molecule has 0 amide bonds. The Hall–Kier alpha value is -1.31. The Morgan fingerprint density at radius 3 is 2.06 bits per heavy atom. The van der Waals surface area contributed by atoms with Crippen molar-refractivity contribution in [2.24, 2.45) is 0 Å². The molecule has 0 fully saturated rings. The van der Waals surface area contributed by atoms with Crippen LogP contribution >= 0.6 is 0 Å². The summed E-state index contributed by atoms with van der Waals surface area (Å²) in [5.74, 6) is -0.670. The molecule has 1 aromatic rings. The largest absolute Gasteiger partial charge is 0.481 e. The van der Waals surface area contributed by atoms with Gasteiger partial charge >= 0.3 is 5.97 Å². The number of carboxylic acids is 1. The molecule has 0 atom stereocenters. The highest BCUT2D eigenvalue weighted by molar-refractivity contribution is 5.66. The van der Waals surface area contributed by atoms with Crippen molar-refractivity contribution in [1.82, 2.24) is 0 Å². The van der Waals surface area contributed by atoms with Crippen LogP contribution < -0.4 is 0 Å². The lowest BCUT2D eigenvalue weighted by Crippen LogP contribution is -1.93. The van der Waals surface area contributed by atoms with Crippen molar-refractivity contribution >= 4 is 5.97 Å². The summed E-state index contributed by atoms with van der Waals surface area (Å²) >= 11 is 0. The Morgan fingerprint density at radius 2 is 1.69 bits per heavy atom. The minimum atomic E-state index is -0.670. The maximum absolute atomic E-state index is 10.0. The van der Waals surface area contributed by atoms with E-state index in [0.29, 0.717) is 6.42 Å². The van der Waals surface area contributed by atoms with Crippen LogP contribution in [0.15, 0.2) is 30.3 Å². The predicted octanol–water partition coefficient (Wildman–Crippen LogP) is 3.92. The van der Waals surface area contributed by atoms with Gasteiger partial charge in [0.2, 0.25) is 0 Å². The van der Waals surface area contributed by atoms with Crippen LogP contribution in [-0.4, -0.2) is 11.1 Å². The number of hydrogen-bond donors (Lipinski definition) is 1. The lowest BCUT2D eigenvalue weighted by atomic mass is 10.1. The van der Waals surface area contributed by atoms with Crippen molar-refractivity contribution in [1.29, 1.82) is 0 Å². The lowest BCUT2D eigenvalue weighted by molar-refractivity contribution is -0.137. The number of unbranched alkanes of at least 4 members (excludes halogenated alkanes) is 4. The molecule has 0 heterocycles. The molecular weight excluding hydrogens is 200 g/mol. The molecule has 89 valence electrons. The zero-order valence-electron chi connectivity index (χ0n) is 9.98. The summed E-state index contributed by atoms with van der Waals surface area (Å²) in [4.78, 5) is 10.0. The van der Waals surface area contributed by atoms with Gasteiger partial charge in [-0.15, -0.1) is 0 Å². The van der Waals surface area contributed by atoms with Crippen LogP contribution in [0.5, 0.6) is 0 Å². The first-order valence-corrected chi connectivity index (χ1v) is 5.90. The molecule has 1 N–H and O–H groups in total. The van der Waals surface area contributed by atoms with Crippen LogP contribution in [0.1, 0.15) is 45.4 Å². The number of benzene rings is 1. The molecule has 1 aromatic carbocycles. The highest BCUT2D eigenvalue weighted by Gasteiger charge is 1.94. The molecule has 0 bridgehead atoms. The number of carboxylic acid groups (broad SMARTS) is 1. The van der Waals surface area contributed by atoms with E-state index in [2.05, 4.69) is 13.0 Å². The summed E-state index contributed by atoms with van der Waals surface area (Å²) in [6.07, 6.45) is 5.88. The SMILES string of the molecule is CCCCCCCC(=O)O.[c]1ccccc1. The average Bonchev–Trinajstić information content (AvgIpc) is 2.31. The molecule has 1 radical (unpaired) electrons. The number of hydrogen-bond acceptors (Lipinski definition) is 1. The van der Waals surface area contributed by atoms with E-state index in [4.69, 9.17) is 5.11 Å². The molecule has 2 nitrogen and oxygen atoms in total. The third-order valence-corrected chi connectivity index (χ3v) is 2.10. The Kier molecular flexibility index (Phi) is 10.8. The summed E-state index contributed by atoms with van der Waals surface area (Å²) in [6.45, 7) is 2.15. The molecule has 1 rings (SSSR count). The van der Waals surface area contributed by atoms with Gasteiger partial charge in [0.05, 0.1) is 0 Å². The molecule has 16 heavy (non-hydrogen) atoms. The third-order valence-electron chi connectivity index (χ3n) is 2.10. The van der Waals surface area contributed by atoms with E-state index in [-0.39, 0.29) is 0 Å². The highest BCUT2D eigenvalue weighted by Crippen LogP contribution is 2.04. The first kappa shape index (κ1) is 14.7. The summed E-state index contributed by atoms with van der Waals surface area (Å²) in [6, 6.07) is 12.5. The first-order chi connectivity index (χ1) is 7.77. The van der Waals surface area contributed by atoms with Crippen LogP contribution in [-0.2, 0) is 4.79 Å². The van der Waals surface area contributed by atoms with Crippen molar-refractivity contribution in [3.05, 3.63) is 36.4 Å². The van der Waals surface area contributed by atoms with E-state index in [0.717, 1.165) is 12.8 Å². The van der Waals surface area contributed by atoms with E-state index in [9.17, 15) is 4.79 Å². The molecule has 0 aliphatic rings. The van der Waals surface area contributed by atoms with Gasteiger partial charge in [0.15, 0.2) is 0 Å². The van der Waals surface area contributed by atoms with Gasteiger partial charge in [0.1, 0.15) is 0 Å². The van der Waals surface area contributed by atoms with E-state index >= 15 is 0 Å². The molecule has 2 heteroatoms. The minimum Gasteiger partial charge on any atom is -0.481 e. The molecule has 0 spiro atoms. The monoisotopic (exact) mass is 221 g/mol. The summed E-state index contributed by atoms with van der Waals surface area (Å²) < 4.78 is 0. The topological polar surface area (TPSA) is 37.3 Å². The second-order valence-corrected chi connectivity index (χ2v) is 3.64. The van der Waals surface area contributed by atoms with Crippen molar-refractivity contribution in [3.63, 3.8) is 0 Å². The van der Waals surface area contributed by atoms with E-state index in [1.54, 1.807) is 0 Å². The van der Waals surface area contributed by atoms with Crippen LogP contribution in [0.25, 0.3) is 0 Å². The molecule has 0 saturated carbocycles. The van der Waals surface area contributed by atoms with E-state index in [1.165, 1.54) is 19.3 Å². The van der Waals surface area contributed by atoms with Gasteiger partial charge in [0, 0.05) is 6.42 Å². The second kappa shape index (κ2) is 11.8. The Morgan fingerprint density at radius 1 is 1.06 bits per heavy atom. The van der Waals surface area contributed by atoms with Crippen molar-refractivity contribution in [2.45, 2.75) is 45.4 Å². The summed E-state index contributed by atoms with van der Waals surface area (Å²) in [5, 5.41) is 8.27. The van der Waals surface area contributed by atoms with Gasteiger partial charge in [-0.2, -0.15) is 0 Å². The van der Waals surface area contributed by atoms with Crippen molar-refractivity contribution in [3.8, 4) is 0 Å². The second-order valence-electron chi connectivity index (χ2n) is 3.64. The predicted molar refractivity (Wildman–Crippen MR) is 66.3 cm³/mol. The lowest BCUT2D eigenvalue weighted by Gasteiger charge is -1.95. The molecule has 0 unspecified atom stereocenters. The van der Waals surface area contributed by atoms with Gasteiger partial charge in [0.25, 0.3) is 0 Å². The molecule has 0 aromatic heterocycles. The van der Waals surface area contributed by atoms with E-state index in [1.807, 2.05) is 30.3 Å². The van der Waals surface area contributed by atoms with Gasteiger partial charge in [-0.1, -0.05) is 62.9 Å². The third kappa shape index (κ3) is 12.7. The zero-order valence-corrected chi connectivity index (χ0v) is 9.98. The van der Waals surface area contributed by atoms with Gasteiger partial charge in [-0.25, -0.2) is 0 Å². The average molecular weight is 221 g/mol. The normalized spacial score (nSPS) is 9.06. The Bertz CT molecular complexity index is 217. The fourth-order valence-corrected chi connectivity index (χ4v) is 1.22. The number of aliphatic carboxylic acids is 1. The zero-order chi connectivity index (χ0) is 12.1. The van der Waals surface area contributed by atoms with Crippen LogP contribution in [0.4, 0.5) is 0 Å². The molecular formula is C14H21O2. The van der Waals surface area contributed by atoms with Crippen molar-refractivity contribution in [2.75, 3.05) is 0 Å². The maximum Gasteiger partial charge on any atom is 0.303 e. The van der Waals surface area contributed by atoms with Gasteiger partial charge in [-0.05, 0) is 12.5 Å². The van der Waals surface area contributed by atoms with Crippen LogP contribution in [0.2, 0.25) is 0 Å². The maximum atomic E-state index is 10.0. The standard InChI is InChI=1S/C8H16O2.C6H5/c1-2-3-4-5-6-7-8(9)10;1-2-4-6-5-3-1/h2-7H2,1H3,(H,9,10);1-5H. The fraction of sp³-hybridized carbons (Fsp3) is 0.500. The van der Waals surface area contributed by atoms with Crippen LogP contribution in [0.3, 0.4) is 0 Å². The van der Waals surface area contributed by atoms with Crippen molar-refractivity contribution < 1.29 is 9.90 Å². The Labute approximate surface area is 98.3 Å². The summed E-state index contributed by atoms with van der Waals surface area (Å²) in [7, 11) is 0. The fourth-order valence-electron chi connectivity index (χ4n) is 1.22. The van der Waals surface area contributed by atoms with Crippen LogP contribution in [0, 0.1) is 6.07 Å². The van der Waals surface area contributed by atoms with Gasteiger partial charge < -0.3 is 5.11 Å². The molecule has 0 aliphatic carbocycles.